The van der Waals surface area contributed by atoms with E-state index >= 15 is 0 Å². The van der Waals surface area contributed by atoms with Crippen molar-refractivity contribution in [2.75, 3.05) is 46.4 Å². The lowest BCUT2D eigenvalue weighted by atomic mass is 10.1. The molecule has 2 aliphatic rings. The summed E-state index contributed by atoms with van der Waals surface area (Å²) in [4.78, 5) is 30.9. The maximum absolute atomic E-state index is 12.8. The van der Waals surface area contributed by atoms with Crippen molar-refractivity contribution in [2.24, 2.45) is 0 Å². The van der Waals surface area contributed by atoms with Crippen LogP contribution in [-0.2, 0) is 0 Å². The standard InChI is InChI=1S/C18H24ClN3O3/c1-25-16-6-5-14(19)13-15(16)17(23)20-9-11-22(12-10-20)18(24)21-7-3-2-4-8-21/h5-6,13H,2-4,7-12H2,1H3. The van der Waals surface area contributed by atoms with Gasteiger partial charge in [0.1, 0.15) is 5.75 Å². The number of hydrogen-bond acceptors (Lipinski definition) is 3. The Morgan fingerprint density at radius 2 is 1.52 bits per heavy atom. The van der Waals surface area contributed by atoms with E-state index in [0.717, 1.165) is 25.9 Å². The zero-order chi connectivity index (χ0) is 17.8. The van der Waals surface area contributed by atoms with E-state index in [2.05, 4.69) is 0 Å². The van der Waals surface area contributed by atoms with Gasteiger partial charge >= 0.3 is 6.03 Å². The molecule has 0 aromatic heterocycles. The molecule has 0 unspecified atom stereocenters. The summed E-state index contributed by atoms with van der Waals surface area (Å²) < 4.78 is 5.27. The third-order valence-electron chi connectivity index (χ3n) is 4.86. The molecule has 2 aliphatic heterocycles. The lowest BCUT2D eigenvalue weighted by Gasteiger charge is -2.38. The zero-order valence-electron chi connectivity index (χ0n) is 14.5. The third kappa shape index (κ3) is 4.00. The molecular weight excluding hydrogens is 342 g/mol. The number of hydrogen-bond donors (Lipinski definition) is 0. The van der Waals surface area contributed by atoms with Crippen molar-refractivity contribution in [2.45, 2.75) is 19.3 Å². The van der Waals surface area contributed by atoms with Gasteiger partial charge in [-0.25, -0.2) is 4.79 Å². The maximum atomic E-state index is 12.8. The Kier molecular flexibility index (Phi) is 5.68. The van der Waals surface area contributed by atoms with Crippen molar-refractivity contribution < 1.29 is 14.3 Å². The van der Waals surface area contributed by atoms with E-state index in [-0.39, 0.29) is 11.9 Å². The van der Waals surface area contributed by atoms with Crippen LogP contribution in [-0.4, -0.2) is 73.0 Å². The van der Waals surface area contributed by atoms with E-state index in [0.29, 0.717) is 42.5 Å². The number of methoxy groups -OCH3 is 1. The largest absolute Gasteiger partial charge is 0.496 e. The second-order valence-electron chi connectivity index (χ2n) is 6.45. The van der Waals surface area contributed by atoms with Crippen molar-refractivity contribution in [3.8, 4) is 5.75 Å². The van der Waals surface area contributed by atoms with Crippen LogP contribution in [0.25, 0.3) is 0 Å². The van der Waals surface area contributed by atoms with Crippen LogP contribution < -0.4 is 4.74 Å². The molecule has 2 saturated heterocycles. The molecule has 2 fully saturated rings. The fourth-order valence-corrected chi connectivity index (χ4v) is 3.58. The van der Waals surface area contributed by atoms with Gasteiger partial charge in [0.2, 0.25) is 0 Å². The first kappa shape index (κ1) is 17.9. The minimum atomic E-state index is -0.107. The third-order valence-corrected chi connectivity index (χ3v) is 5.09. The number of likely N-dealkylation sites (tertiary alicyclic amines) is 1. The highest BCUT2D eigenvalue weighted by Crippen LogP contribution is 2.24. The molecule has 0 saturated carbocycles. The Balaban J connectivity index is 1.61. The second kappa shape index (κ2) is 7.95. The Hall–Kier alpha value is -1.95. The summed E-state index contributed by atoms with van der Waals surface area (Å²) in [5.41, 5.74) is 0.464. The van der Waals surface area contributed by atoms with Crippen LogP contribution >= 0.6 is 11.6 Å². The SMILES string of the molecule is COc1ccc(Cl)cc1C(=O)N1CCN(C(=O)N2CCCCC2)CC1. The van der Waals surface area contributed by atoms with Crippen LogP contribution in [0.1, 0.15) is 29.6 Å². The van der Waals surface area contributed by atoms with Crippen molar-refractivity contribution in [1.29, 1.82) is 0 Å². The molecule has 3 rings (SSSR count). The van der Waals surface area contributed by atoms with Gasteiger partial charge in [-0.1, -0.05) is 11.6 Å². The lowest BCUT2D eigenvalue weighted by Crippen LogP contribution is -2.54. The number of amides is 3. The molecule has 0 atom stereocenters. The maximum Gasteiger partial charge on any atom is 0.320 e. The number of ether oxygens (including phenoxy) is 1. The summed E-state index contributed by atoms with van der Waals surface area (Å²) in [7, 11) is 1.54. The lowest BCUT2D eigenvalue weighted by molar-refractivity contribution is 0.0630. The van der Waals surface area contributed by atoms with Gasteiger partial charge in [-0.05, 0) is 37.5 Å². The number of carbonyl (C=O) groups is 2. The van der Waals surface area contributed by atoms with Gasteiger partial charge in [-0.3, -0.25) is 4.79 Å². The van der Waals surface area contributed by atoms with Crippen LogP contribution in [0.2, 0.25) is 5.02 Å². The first-order valence-corrected chi connectivity index (χ1v) is 9.14. The van der Waals surface area contributed by atoms with E-state index in [9.17, 15) is 9.59 Å². The van der Waals surface area contributed by atoms with E-state index < -0.39 is 0 Å². The fraction of sp³-hybridized carbons (Fsp3) is 0.556. The summed E-state index contributed by atoms with van der Waals surface area (Å²) in [6.45, 7) is 3.85. The van der Waals surface area contributed by atoms with Crippen molar-refractivity contribution in [3.63, 3.8) is 0 Å². The van der Waals surface area contributed by atoms with Crippen LogP contribution in [0, 0.1) is 0 Å². The fourth-order valence-electron chi connectivity index (χ4n) is 3.40. The van der Waals surface area contributed by atoms with Crippen LogP contribution in [0.4, 0.5) is 4.79 Å². The van der Waals surface area contributed by atoms with Gasteiger partial charge < -0.3 is 19.4 Å². The molecule has 1 aromatic rings. The van der Waals surface area contributed by atoms with E-state index in [1.54, 1.807) is 23.1 Å². The van der Waals surface area contributed by atoms with Crippen molar-refractivity contribution >= 4 is 23.5 Å². The molecule has 0 spiro atoms. The molecule has 6 nitrogen and oxygen atoms in total. The average Bonchev–Trinajstić information content (AvgIpc) is 2.67. The van der Waals surface area contributed by atoms with Crippen LogP contribution in [0.5, 0.6) is 5.75 Å². The monoisotopic (exact) mass is 365 g/mol. The smallest absolute Gasteiger partial charge is 0.320 e. The average molecular weight is 366 g/mol. The van der Waals surface area contributed by atoms with Crippen LogP contribution in [0.15, 0.2) is 18.2 Å². The molecular formula is C18H24ClN3O3. The number of urea groups is 1. The van der Waals surface area contributed by atoms with E-state index in [4.69, 9.17) is 16.3 Å². The molecule has 0 bridgehead atoms. The Labute approximate surface area is 153 Å². The molecule has 0 radical (unpaired) electrons. The number of piperidine rings is 1. The Bertz CT molecular complexity index is 638. The molecule has 0 N–H and O–H groups in total. The van der Waals surface area contributed by atoms with Crippen molar-refractivity contribution in [1.82, 2.24) is 14.7 Å². The normalized spacial score (nSPS) is 18.2. The predicted molar refractivity (Wildman–Crippen MR) is 96.3 cm³/mol. The summed E-state index contributed by atoms with van der Waals surface area (Å²) in [6.07, 6.45) is 3.37. The van der Waals surface area contributed by atoms with Gasteiger partial charge in [0.05, 0.1) is 12.7 Å². The molecule has 0 aliphatic carbocycles. The van der Waals surface area contributed by atoms with Crippen LogP contribution in [0.3, 0.4) is 0 Å². The molecule has 2 heterocycles. The van der Waals surface area contributed by atoms with Gasteiger partial charge in [0.15, 0.2) is 0 Å². The quantitative estimate of drug-likeness (QED) is 0.809. The molecule has 1 aromatic carbocycles. The van der Waals surface area contributed by atoms with Crippen molar-refractivity contribution in [3.05, 3.63) is 28.8 Å². The number of halogens is 1. The highest BCUT2D eigenvalue weighted by Gasteiger charge is 2.29. The predicted octanol–water partition coefficient (Wildman–Crippen LogP) is 2.71. The number of benzene rings is 1. The number of rotatable bonds is 2. The van der Waals surface area contributed by atoms with E-state index in [1.807, 2.05) is 9.80 Å². The Morgan fingerprint density at radius 1 is 0.920 bits per heavy atom. The Morgan fingerprint density at radius 3 is 2.16 bits per heavy atom. The van der Waals surface area contributed by atoms with Gasteiger partial charge in [-0.15, -0.1) is 0 Å². The second-order valence-corrected chi connectivity index (χ2v) is 6.89. The molecule has 136 valence electrons. The number of carbonyl (C=O) groups excluding carboxylic acids is 2. The topological polar surface area (TPSA) is 53.1 Å². The molecule has 25 heavy (non-hydrogen) atoms. The minimum absolute atomic E-state index is 0.104. The summed E-state index contributed by atoms with van der Waals surface area (Å²) in [5.74, 6) is 0.408. The first-order chi connectivity index (χ1) is 12.1. The number of nitrogens with zero attached hydrogens (tertiary/aromatic N) is 3. The minimum Gasteiger partial charge on any atom is -0.496 e. The number of piperazine rings is 1. The van der Waals surface area contributed by atoms with Gasteiger partial charge in [0.25, 0.3) is 5.91 Å². The zero-order valence-corrected chi connectivity index (χ0v) is 15.3. The first-order valence-electron chi connectivity index (χ1n) is 8.77. The summed E-state index contributed by atoms with van der Waals surface area (Å²) >= 11 is 6.02. The molecule has 7 heteroatoms. The summed E-state index contributed by atoms with van der Waals surface area (Å²) in [6, 6.07) is 5.14. The highest BCUT2D eigenvalue weighted by molar-refractivity contribution is 6.31. The van der Waals surface area contributed by atoms with Gasteiger partial charge in [-0.2, -0.15) is 0 Å². The van der Waals surface area contributed by atoms with E-state index in [1.165, 1.54) is 13.5 Å². The van der Waals surface area contributed by atoms with Gasteiger partial charge in [0, 0.05) is 44.3 Å². The highest BCUT2D eigenvalue weighted by atomic mass is 35.5. The summed E-state index contributed by atoms with van der Waals surface area (Å²) in [5, 5.41) is 0.503. The molecule has 3 amide bonds.